The molecule has 2 aromatic carbocycles. The number of benzene rings is 2. The van der Waals surface area contributed by atoms with Crippen LogP contribution in [0.15, 0.2) is 42.5 Å². The predicted octanol–water partition coefficient (Wildman–Crippen LogP) is 4.27. The van der Waals surface area contributed by atoms with E-state index in [1.807, 2.05) is 29.2 Å². The third-order valence-corrected chi connectivity index (χ3v) is 6.81. The van der Waals surface area contributed by atoms with Gasteiger partial charge in [-0.2, -0.15) is 0 Å². The third kappa shape index (κ3) is 6.21. The van der Waals surface area contributed by atoms with E-state index in [2.05, 4.69) is 13.8 Å². The Hall–Kier alpha value is -3.35. The van der Waals surface area contributed by atoms with Gasteiger partial charge >= 0.3 is 0 Å². The van der Waals surface area contributed by atoms with Gasteiger partial charge in [0.15, 0.2) is 19.0 Å². The van der Waals surface area contributed by atoms with E-state index in [0.29, 0.717) is 48.1 Å². The summed E-state index contributed by atoms with van der Waals surface area (Å²) in [6.45, 7) is 6.18. The maximum Gasteiger partial charge on any atom is 0.265 e. The van der Waals surface area contributed by atoms with Crippen molar-refractivity contribution >= 4 is 23.3 Å². The lowest BCUT2D eigenvalue weighted by Gasteiger charge is -2.31. The summed E-state index contributed by atoms with van der Waals surface area (Å²) in [4.78, 5) is 41.6. The van der Waals surface area contributed by atoms with Crippen LogP contribution in [0, 0.1) is 5.92 Å². The maximum atomic E-state index is 12.8. The van der Waals surface area contributed by atoms with Gasteiger partial charge in [0.05, 0.1) is 5.69 Å². The quantitative estimate of drug-likeness (QED) is 0.503. The number of piperidine rings is 1. The van der Waals surface area contributed by atoms with Crippen molar-refractivity contribution in [2.45, 2.75) is 46.0 Å². The summed E-state index contributed by atoms with van der Waals surface area (Å²) in [7, 11) is 0. The van der Waals surface area contributed by atoms with Crippen LogP contribution in [-0.2, 0) is 16.0 Å². The van der Waals surface area contributed by atoms with Crippen molar-refractivity contribution in [1.82, 2.24) is 4.90 Å². The molecule has 1 saturated heterocycles. The molecule has 0 N–H and O–H groups in total. The Labute approximate surface area is 207 Å². The minimum absolute atomic E-state index is 0.0465. The zero-order valence-electron chi connectivity index (χ0n) is 20.6. The van der Waals surface area contributed by atoms with Crippen LogP contribution in [0.25, 0.3) is 0 Å². The monoisotopic (exact) mass is 478 g/mol. The Kier molecular flexibility index (Phi) is 8.06. The molecule has 2 aliphatic rings. The number of hydrogen-bond acceptors (Lipinski definition) is 5. The molecule has 186 valence electrons. The lowest BCUT2D eigenvalue weighted by atomic mass is 9.99. The second kappa shape index (κ2) is 11.4. The molecule has 2 heterocycles. The van der Waals surface area contributed by atoms with Crippen molar-refractivity contribution < 1.29 is 23.9 Å². The van der Waals surface area contributed by atoms with Crippen molar-refractivity contribution in [1.29, 1.82) is 0 Å². The van der Waals surface area contributed by atoms with Gasteiger partial charge in [-0.05, 0) is 67.5 Å². The summed E-state index contributed by atoms with van der Waals surface area (Å²) in [6, 6.07) is 12.8. The maximum absolute atomic E-state index is 12.8. The van der Waals surface area contributed by atoms with Crippen LogP contribution in [0.3, 0.4) is 0 Å². The van der Waals surface area contributed by atoms with Gasteiger partial charge in [0.1, 0.15) is 11.5 Å². The second-order valence-corrected chi connectivity index (χ2v) is 9.40. The summed E-state index contributed by atoms with van der Waals surface area (Å²) in [5, 5.41) is 0. The zero-order chi connectivity index (χ0) is 24.8. The Morgan fingerprint density at radius 2 is 1.91 bits per heavy atom. The van der Waals surface area contributed by atoms with Gasteiger partial charge in [-0.15, -0.1) is 0 Å². The number of fused-ring (bicyclic) bond motifs is 1. The van der Waals surface area contributed by atoms with Gasteiger partial charge in [-0.1, -0.05) is 26.0 Å². The first-order valence-corrected chi connectivity index (χ1v) is 12.5. The number of hydrogen-bond donors (Lipinski definition) is 0. The van der Waals surface area contributed by atoms with Crippen LogP contribution < -0.4 is 14.4 Å². The van der Waals surface area contributed by atoms with Gasteiger partial charge in [0.2, 0.25) is 5.91 Å². The number of likely N-dealkylation sites (tertiary alicyclic amines) is 1. The standard InChI is InChI=1S/C28H34N2O5/c1-3-21-6-4-7-23(16-21)34-18-25(31)22-9-10-26-24(17-22)30(28(33)19-35-26)13-5-8-27(32)29-14-11-20(2)12-15-29/h4,6-7,9-10,16-17,20H,3,5,8,11-15,18-19H2,1-2H3. The lowest BCUT2D eigenvalue weighted by molar-refractivity contribution is -0.132. The summed E-state index contributed by atoms with van der Waals surface area (Å²) in [6.07, 6.45) is 3.95. The van der Waals surface area contributed by atoms with Crippen LogP contribution >= 0.6 is 0 Å². The second-order valence-electron chi connectivity index (χ2n) is 9.40. The van der Waals surface area contributed by atoms with Crippen LogP contribution in [-0.4, -0.2) is 55.3 Å². The Morgan fingerprint density at radius 1 is 1.11 bits per heavy atom. The van der Waals surface area contributed by atoms with Crippen LogP contribution in [0.5, 0.6) is 11.5 Å². The molecule has 0 saturated carbocycles. The van der Waals surface area contributed by atoms with Gasteiger partial charge in [-0.25, -0.2) is 0 Å². The summed E-state index contributed by atoms with van der Waals surface area (Å²) in [5.41, 5.74) is 2.17. The van der Waals surface area contributed by atoms with Crippen LogP contribution in [0.1, 0.15) is 55.5 Å². The van der Waals surface area contributed by atoms with E-state index < -0.39 is 0 Å². The number of amides is 2. The number of Topliss-reactive ketones (excluding diaryl/α,β-unsaturated/α-hetero) is 1. The molecule has 2 aliphatic heterocycles. The van der Waals surface area contributed by atoms with E-state index in [1.54, 1.807) is 23.1 Å². The van der Waals surface area contributed by atoms with E-state index in [-0.39, 0.29) is 30.8 Å². The average Bonchev–Trinajstić information content (AvgIpc) is 2.88. The molecular formula is C28H34N2O5. The number of nitrogens with zero attached hydrogens (tertiary/aromatic N) is 2. The molecule has 35 heavy (non-hydrogen) atoms. The highest BCUT2D eigenvalue weighted by molar-refractivity contribution is 6.02. The largest absolute Gasteiger partial charge is 0.485 e. The molecule has 2 amide bonds. The molecule has 0 aromatic heterocycles. The molecule has 0 bridgehead atoms. The Balaban J connectivity index is 1.37. The molecule has 7 heteroatoms. The number of carbonyl (C=O) groups is 3. The minimum Gasteiger partial charge on any atom is -0.485 e. The first kappa shape index (κ1) is 24.8. The van der Waals surface area contributed by atoms with Crippen molar-refractivity contribution in [2.75, 3.05) is 37.7 Å². The zero-order valence-corrected chi connectivity index (χ0v) is 20.6. The summed E-state index contributed by atoms with van der Waals surface area (Å²) < 4.78 is 11.3. The van der Waals surface area contributed by atoms with E-state index in [4.69, 9.17) is 9.47 Å². The smallest absolute Gasteiger partial charge is 0.265 e. The van der Waals surface area contributed by atoms with Gasteiger partial charge < -0.3 is 19.3 Å². The third-order valence-electron chi connectivity index (χ3n) is 6.81. The van der Waals surface area contributed by atoms with Crippen molar-refractivity contribution in [3.8, 4) is 11.5 Å². The average molecular weight is 479 g/mol. The summed E-state index contributed by atoms with van der Waals surface area (Å²) >= 11 is 0. The number of anilines is 1. The fraction of sp³-hybridized carbons (Fsp3) is 0.464. The summed E-state index contributed by atoms with van der Waals surface area (Å²) in [5.74, 6) is 1.69. The minimum atomic E-state index is -0.179. The van der Waals surface area contributed by atoms with Crippen LogP contribution in [0.4, 0.5) is 5.69 Å². The number of ketones is 1. The SMILES string of the molecule is CCc1cccc(OCC(=O)c2ccc3c(c2)N(CCCC(=O)N2CCC(C)CC2)C(=O)CO3)c1. The molecular weight excluding hydrogens is 444 g/mol. The Morgan fingerprint density at radius 3 is 2.69 bits per heavy atom. The van der Waals surface area contributed by atoms with Crippen LogP contribution in [0.2, 0.25) is 0 Å². The predicted molar refractivity (Wildman–Crippen MR) is 134 cm³/mol. The van der Waals surface area contributed by atoms with E-state index in [9.17, 15) is 14.4 Å². The van der Waals surface area contributed by atoms with Crippen molar-refractivity contribution in [3.05, 3.63) is 53.6 Å². The fourth-order valence-corrected chi connectivity index (χ4v) is 4.51. The highest BCUT2D eigenvalue weighted by Gasteiger charge is 2.27. The van der Waals surface area contributed by atoms with E-state index >= 15 is 0 Å². The molecule has 0 aliphatic carbocycles. The van der Waals surface area contributed by atoms with Gasteiger partial charge in [0.25, 0.3) is 5.91 Å². The first-order valence-electron chi connectivity index (χ1n) is 12.5. The van der Waals surface area contributed by atoms with Crippen molar-refractivity contribution in [3.63, 3.8) is 0 Å². The van der Waals surface area contributed by atoms with E-state index in [1.165, 1.54) is 0 Å². The highest BCUT2D eigenvalue weighted by atomic mass is 16.5. The number of carbonyl (C=O) groups excluding carboxylic acids is 3. The number of rotatable bonds is 9. The topological polar surface area (TPSA) is 76.2 Å². The Bertz CT molecular complexity index is 1070. The van der Waals surface area contributed by atoms with E-state index in [0.717, 1.165) is 37.9 Å². The highest BCUT2D eigenvalue weighted by Crippen LogP contribution is 2.33. The molecule has 0 atom stereocenters. The van der Waals surface area contributed by atoms with Crippen molar-refractivity contribution in [2.24, 2.45) is 5.92 Å². The molecule has 1 fully saturated rings. The molecule has 7 nitrogen and oxygen atoms in total. The number of ether oxygens (including phenoxy) is 2. The van der Waals surface area contributed by atoms with Gasteiger partial charge in [-0.3, -0.25) is 14.4 Å². The molecule has 0 unspecified atom stereocenters. The molecule has 4 rings (SSSR count). The molecule has 0 radical (unpaired) electrons. The fourth-order valence-electron chi connectivity index (χ4n) is 4.51. The molecule has 2 aromatic rings. The molecule has 0 spiro atoms. The number of aryl methyl sites for hydroxylation is 1. The van der Waals surface area contributed by atoms with Gasteiger partial charge in [0, 0.05) is 31.6 Å². The lowest BCUT2D eigenvalue weighted by Crippen LogP contribution is -2.41. The normalized spacial score (nSPS) is 16.0. The first-order chi connectivity index (χ1) is 16.9.